The molecular formula is C19H25ClN6O4S. The van der Waals surface area contributed by atoms with Crippen molar-refractivity contribution in [2.45, 2.75) is 43.7 Å². The van der Waals surface area contributed by atoms with Crippen LogP contribution in [0.1, 0.15) is 43.6 Å². The van der Waals surface area contributed by atoms with Crippen molar-refractivity contribution in [1.29, 1.82) is 0 Å². The van der Waals surface area contributed by atoms with Gasteiger partial charge in [0, 0.05) is 13.1 Å². The van der Waals surface area contributed by atoms with Gasteiger partial charge in [0.05, 0.1) is 18.3 Å². The maximum absolute atomic E-state index is 12.8. The summed E-state index contributed by atoms with van der Waals surface area (Å²) in [6.07, 6.45) is 3.95. The summed E-state index contributed by atoms with van der Waals surface area (Å²) >= 11 is 6.11. The topological polar surface area (TPSA) is 137 Å². The monoisotopic (exact) mass is 468 g/mol. The van der Waals surface area contributed by atoms with Gasteiger partial charge < -0.3 is 15.7 Å². The zero-order valence-corrected chi connectivity index (χ0v) is 18.9. The molecule has 1 fully saturated rings. The maximum atomic E-state index is 12.8. The van der Waals surface area contributed by atoms with Crippen LogP contribution in [-0.4, -0.2) is 63.9 Å². The largest absolute Gasteiger partial charge is 0.394 e. The van der Waals surface area contributed by atoms with E-state index in [4.69, 9.17) is 11.6 Å². The first-order valence-corrected chi connectivity index (χ1v) is 11.6. The van der Waals surface area contributed by atoms with E-state index in [9.17, 15) is 18.3 Å². The number of aliphatic hydroxyl groups is 1. The van der Waals surface area contributed by atoms with E-state index >= 15 is 0 Å². The highest BCUT2D eigenvalue weighted by Crippen LogP contribution is 2.21. The maximum Gasteiger partial charge on any atom is 0.278 e. The van der Waals surface area contributed by atoms with Gasteiger partial charge >= 0.3 is 0 Å². The van der Waals surface area contributed by atoms with Crippen LogP contribution in [0.3, 0.4) is 0 Å². The molecule has 1 aliphatic rings. The Morgan fingerprint density at radius 1 is 1.19 bits per heavy atom. The number of hydrogen-bond acceptors (Lipinski definition) is 8. The standard InChI is InChI=1S/C19H25ClN6O4S/c1-19(2,12-27)25-14-11-21-16(17(20)23-14)18(28)24-13-7-6-8-15(22-13)31(29,30)26-9-4-3-5-10-26/h6-8,11,27H,3-5,9-10,12H2,1-2H3,(H,23,25)(H,22,24,28). The summed E-state index contributed by atoms with van der Waals surface area (Å²) in [5.74, 6) is -0.316. The summed E-state index contributed by atoms with van der Waals surface area (Å²) in [6.45, 7) is 4.30. The summed E-state index contributed by atoms with van der Waals surface area (Å²) in [6, 6.07) is 4.39. The van der Waals surface area contributed by atoms with E-state index in [-0.39, 0.29) is 28.3 Å². The predicted molar refractivity (Wildman–Crippen MR) is 117 cm³/mol. The Balaban J connectivity index is 1.76. The second-order valence-electron chi connectivity index (χ2n) is 7.84. The highest BCUT2D eigenvalue weighted by molar-refractivity contribution is 7.89. The van der Waals surface area contributed by atoms with Crippen molar-refractivity contribution in [1.82, 2.24) is 19.3 Å². The van der Waals surface area contributed by atoms with Crippen molar-refractivity contribution in [3.05, 3.63) is 35.2 Å². The zero-order valence-electron chi connectivity index (χ0n) is 17.3. The van der Waals surface area contributed by atoms with E-state index in [0.717, 1.165) is 19.3 Å². The molecule has 0 bridgehead atoms. The number of halogens is 1. The molecule has 31 heavy (non-hydrogen) atoms. The smallest absolute Gasteiger partial charge is 0.278 e. The number of carbonyl (C=O) groups is 1. The lowest BCUT2D eigenvalue weighted by atomic mass is 10.1. The minimum atomic E-state index is -3.73. The highest BCUT2D eigenvalue weighted by atomic mass is 35.5. The predicted octanol–water partition coefficient (Wildman–Crippen LogP) is 2.13. The van der Waals surface area contributed by atoms with E-state index in [1.54, 1.807) is 13.8 Å². The van der Waals surface area contributed by atoms with Crippen molar-refractivity contribution in [3.8, 4) is 0 Å². The molecule has 2 aromatic heterocycles. The van der Waals surface area contributed by atoms with Gasteiger partial charge in [-0.3, -0.25) is 4.79 Å². The van der Waals surface area contributed by atoms with Crippen molar-refractivity contribution in [2.24, 2.45) is 0 Å². The van der Waals surface area contributed by atoms with Crippen LogP contribution in [0.25, 0.3) is 0 Å². The van der Waals surface area contributed by atoms with Gasteiger partial charge in [-0.15, -0.1) is 0 Å². The molecule has 10 nitrogen and oxygen atoms in total. The fraction of sp³-hybridized carbons (Fsp3) is 0.474. The molecule has 1 aliphatic heterocycles. The Bertz CT molecular complexity index is 1060. The fourth-order valence-corrected chi connectivity index (χ4v) is 4.70. The molecule has 0 aliphatic carbocycles. The van der Waals surface area contributed by atoms with Gasteiger partial charge in [0.2, 0.25) is 0 Å². The van der Waals surface area contributed by atoms with E-state index < -0.39 is 21.5 Å². The van der Waals surface area contributed by atoms with Crippen LogP contribution >= 0.6 is 11.6 Å². The van der Waals surface area contributed by atoms with Gasteiger partial charge in [0.15, 0.2) is 15.9 Å². The molecule has 2 aromatic rings. The molecule has 0 radical (unpaired) electrons. The van der Waals surface area contributed by atoms with Gasteiger partial charge in [-0.05, 0) is 38.8 Å². The number of nitrogens with one attached hydrogen (secondary N) is 2. The van der Waals surface area contributed by atoms with Gasteiger partial charge in [-0.2, -0.15) is 4.31 Å². The summed E-state index contributed by atoms with van der Waals surface area (Å²) in [5, 5.41) is 14.5. The molecule has 0 aromatic carbocycles. The summed E-state index contributed by atoms with van der Waals surface area (Å²) in [7, 11) is -3.73. The Morgan fingerprint density at radius 3 is 2.55 bits per heavy atom. The number of pyridine rings is 1. The van der Waals surface area contributed by atoms with Gasteiger partial charge in [0.25, 0.3) is 15.9 Å². The van der Waals surface area contributed by atoms with Crippen molar-refractivity contribution in [3.63, 3.8) is 0 Å². The molecule has 168 valence electrons. The fourth-order valence-electron chi connectivity index (χ4n) is 3.01. The first-order chi connectivity index (χ1) is 14.6. The lowest BCUT2D eigenvalue weighted by molar-refractivity contribution is 0.102. The summed E-state index contributed by atoms with van der Waals surface area (Å²) in [4.78, 5) is 24.8. The number of hydrogen-bond donors (Lipinski definition) is 3. The highest BCUT2D eigenvalue weighted by Gasteiger charge is 2.27. The lowest BCUT2D eigenvalue weighted by Crippen LogP contribution is -2.36. The number of piperidine rings is 1. The number of amides is 1. The van der Waals surface area contributed by atoms with E-state index in [0.29, 0.717) is 18.9 Å². The molecule has 0 saturated carbocycles. The average molecular weight is 469 g/mol. The van der Waals surface area contributed by atoms with Crippen LogP contribution in [-0.2, 0) is 10.0 Å². The second kappa shape index (κ2) is 9.43. The summed E-state index contributed by atoms with van der Waals surface area (Å²) in [5.41, 5.74) is -0.786. The third-order valence-electron chi connectivity index (χ3n) is 4.69. The van der Waals surface area contributed by atoms with Crippen LogP contribution < -0.4 is 10.6 Å². The first-order valence-electron chi connectivity index (χ1n) is 9.82. The van der Waals surface area contributed by atoms with E-state index in [1.165, 1.54) is 28.7 Å². The molecule has 0 atom stereocenters. The number of rotatable bonds is 7. The van der Waals surface area contributed by atoms with Crippen LogP contribution in [0.2, 0.25) is 5.15 Å². The molecule has 12 heteroatoms. The molecule has 0 spiro atoms. The van der Waals surface area contributed by atoms with Crippen molar-refractivity contribution >= 4 is 39.2 Å². The Kier molecular flexibility index (Phi) is 7.10. The molecule has 3 rings (SSSR count). The Morgan fingerprint density at radius 2 is 1.90 bits per heavy atom. The number of aliphatic hydroxyl groups excluding tert-OH is 1. The van der Waals surface area contributed by atoms with Gasteiger partial charge in [0.1, 0.15) is 11.6 Å². The number of sulfonamides is 1. The number of anilines is 2. The number of carbonyl (C=O) groups excluding carboxylic acids is 1. The third kappa shape index (κ3) is 5.67. The Hall–Kier alpha value is -2.34. The molecule has 3 N–H and O–H groups in total. The van der Waals surface area contributed by atoms with Crippen LogP contribution in [0, 0.1) is 0 Å². The zero-order chi connectivity index (χ0) is 22.6. The molecule has 1 amide bonds. The van der Waals surface area contributed by atoms with Crippen molar-refractivity contribution < 1.29 is 18.3 Å². The summed E-state index contributed by atoms with van der Waals surface area (Å²) < 4.78 is 27.0. The van der Waals surface area contributed by atoms with Crippen molar-refractivity contribution in [2.75, 3.05) is 30.3 Å². The lowest BCUT2D eigenvalue weighted by Gasteiger charge is -2.25. The molecule has 1 saturated heterocycles. The average Bonchev–Trinajstić information content (AvgIpc) is 2.74. The van der Waals surface area contributed by atoms with Crippen LogP contribution in [0.4, 0.5) is 11.6 Å². The molecule has 0 unspecified atom stereocenters. The van der Waals surface area contributed by atoms with E-state index in [2.05, 4.69) is 25.6 Å². The molecular weight excluding hydrogens is 444 g/mol. The van der Waals surface area contributed by atoms with Crippen LogP contribution in [0.15, 0.2) is 29.4 Å². The first kappa shape index (κ1) is 23.3. The van der Waals surface area contributed by atoms with Crippen LogP contribution in [0.5, 0.6) is 0 Å². The minimum absolute atomic E-state index is 0.0598. The second-order valence-corrected chi connectivity index (χ2v) is 10.1. The third-order valence-corrected chi connectivity index (χ3v) is 6.76. The quantitative estimate of drug-likeness (QED) is 0.561. The minimum Gasteiger partial charge on any atom is -0.394 e. The Labute approximate surface area is 186 Å². The normalized spacial score (nSPS) is 15.5. The SMILES string of the molecule is CC(C)(CO)Nc1cnc(C(=O)Nc2cccc(S(=O)(=O)N3CCCCC3)n2)c(Cl)n1. The number of aromatic nitrogens is 3. The molecule has 3 heterocycles. The van der Waals surface area contributed by atoms with Gasteiger partial charge in [-0.25, -0.2) is 23.4 Å². The number of nitrogens with zero attached hydrogens (tertiary/aromatic N) is 4. The van der Waals surface area contributed by atoms with E-state index in [1.807, 2.05) is 0 Å². The van der Waals surface area contributed by atoms with Gasteiger partial charge in [-0.1, -0.05) is 24.1 Å².